The van der Waals surface area contributed by atoms with Crippen molar-refractivity contribution in [1.82, 2.24) is 0 Å². The van der Waals surface area contributed by atoms with Gasteiger partial charge in [0.15, 0.2) is 0 Å². The Labute approximate surface area is 120 Å². The average molecular weight is 290 g/mol. The lowest BCUT2D eigenvalue weighted by Gasteiger charge is -2.27. The first-order valence-corrected chi connectivity index (χ1v) is 7.23. The number of anilines is 1. The average Bonchev–Trinajstić information content (AvgIpc) is 2.98. The zero-order valence-electron chi connectivity index (χ0n) is 10.8. The minimum Gasteiger partial charge on any atom is -0.378 e. The number of nitrogens with zero attached hydrogens (tertiary/aromatic N) is 2. The van der Waals surface area contributed by atoms with Gasteiger partial charge >= 0.3 is 0 Å². The molecule has 1 saturated heterocycles. The molecule has 0 N–H and O–H groups in total. The monoisotopic (exact) mass is 290 g/mol. The highest BCUT2D eigenvalue weighted by Crippen LogP contribution is 2.34. The van der Waals surface area contributed by atoms with Gasteiger partial charge in [-0.15, -0.1) is 11.3 Å². The molecule has 6 heteroatoms. The number of thiophene rings is 1. The molecule has 3 rings (SSSR count). The van der Waals surface area contributed by atoms with E-state index in [2.05, 4.69) is 17.0 Å². The summed E-state index contributed by atoms with van der Waals surface area (Å²) >= 11 is 1.71. The van der Waals surface area contributed by atoms with Crippen LogP contribution in [0.3, 0.4) is 0 Å². The van der Waals surface area contributed by atoms with Crippen LogP contribution >= 0.6 is 11.3 Å². The Morgan fingerprint density at radius 1 is 1.10 bits per heavy atom. The third kappa shape index (κ3) is 2.66. The predicted octanol–water partition coefficient (Wildman–Crippen LogP) is 3.16. The van der Waals surface area contributed by atoms with E-state index in [1.807, 2.05) is 0 Å². The number of benzene rings is 1. The van der Waals surface area contributed by atoms with E-state index in [9.17, 15) is 10.1 Å². The largest absolute Gasteiger partial charge is 0.378 e. The number of hydrogen-bond donors (Lipinski definition) is 0. The van der Waals surface area contributed by atoms with Gasteiger partial charge in [-0.2, -0.15) is 0 Å². The van der Waals surface area contributed by atoms with Crippen LogP contribution in [0.15, 0.2) is 36.4 Å². The lowest BCUT2D eigenvalue weighted by molar-refractivity contribution is -0.384. The molecular formula is C14H14N2O3S. The molecule has 5 nitrogen and oxygen atoms in total. The second-order valence-electron chi connectivity index (χ2n) is 4.54. The maximum atomic E-state index is 10.6. The van der Waals surface area contributed by atoms with Gasteiger partial charge in [0.05, 0.1) is 23.1 Å². The Bertz CT molecular complexity index is 603. The topological polar surface area (TPSA) is 55.6 Å². The van der Waals surface area contributed by atoms with Gasteiger partial charge in [-0.05, 0) is 29.8 Å². The highest BCUT2D eigenvalue weighted by Gasteiger charge is 2.14. The van der Waals surface area contributed by atoms with Crippen molar-refractivity contribution in [2.24, 2.45) is 0 Å². The van der Waals surface area contributed by atoms with Crippen LogP contribution in [0.5, 0.6) is 0 Å². The zero-order chi connectivity index (χ0) is 13.9. The molecule has 0 amide bonds. The van der Waals surface area contributed by atoms with E-state index in [1.54, 1.807) is 35.6 Å². The molecule has 2 aromatic rings. The lowest BCUT2D eigenvalue weighted by Crippen LogP contribution is -2.35. The summed E-state index contributed by atoms with van der Waals surface area (Å²) in [5.41, 5.74) is 1.14. The Kier molecular flexibility index (Phi) is 3.66. The van der Waals surface area contributed by atoms with Crippen LogP contribution in [0, 0.1) is 10.1 Å². The molecule has 1 aliphatic heterocycles. The molecule has 0 bridgehead atoms. The van der Waals surface area contributed by atoms with Gasteiger partial charge in [0, 0.05) is 30.1 Å². The molecule has 0 atom stereocenters. The number of nitro benzene ring substituents is 1. The fraction of sp³-hybridized carbons (Fsp3) is 0.286. The number of nitro groups is 1. The SMILES string of the molecule is O=[N+]([O-])c1ccc(-c2ccc(N3CCOCC3)s2)cc1. The molecule has 0 spiro atoms. The molecule has 1 fully saturated rings. The third-order valence-electron chi connectivity index (χ3n) is 3.28. The third-order valence-corrected chi connectivity index (χ3v) is 4.47. The van der Waals surface area contributed by atoms with Crippen LogP contribution in [-0.2, 0) is 4.74 Å². The second kappa shape index (κ2) is 5.60. The number of morpholine rings is 1. The van der Waals surface area contributed by atoms with Crippen molar-refractivity contribution in [3.8, 4) is 10.4 Å². The Hall–Kier alpha value is -1.92. The summed E-state index contributed by atoms with van der Waals surface area (Å²) in [7, 11) is 0. The van der Waals surface area contributed by atoms with Crippen molar-refractivity contribution < 1.29 is 9.66 Å². The summed E-state index contributed by atoms with van der Waals surface area (Å²) < 4.78 is 5.35. The molecule has 2 heterocycles. The molecule has 1 aromatic carbocycles. The van der Waals surface area contributed by atoms with Gasteiger partial charge in [-0.1, -0.05) is 0 Å². The predicted molar refractivity (Wildman–Crippen MR) is 79.4 cm³/mol. The molecular weight excluding hydrogens is 276 g/mol. The van der Waals surface area contributed by atoms with E-state index < -0.39 is 0 Å². The summed E-state index contributed by atoms with van der Waals surface area (Å²) in [5, 5.41) is 11.9. The molecule has 20 heavy (non-hydrogen) atoms. The lowest BCUT2D eigenvalue weighted by atomic mass is 10.2. The maximum absolute atomic E-state index is 10.6. The first kappa shape index (κ1) is 13.1. The number of non-ortho nitro benzene ring substituents is 1. The van der Waals surface area contributed by atoms with Crippen molar-refractivity contribution in [3.63, 3.8) is 0 Å². The number of ether oxygens (including phenoxy) is 1. The summed E-state index contributed by atoms with van der Waals surface area (Å²) in [6.45, 7) is 3.37. The van der Waals surface area contributed by atoms with E-state index in [0.717, 1.165) is 36.7 Å². The quantitative estimate of drug-likeness (QED) is 0.643. The van der Waals surface area contributed by atoms with Gasteiger partial charge in [-0.3, -0.25) is 10.1 Å². The minimum atomic E-state index is -0.378. The van der Waals surface area contributed by atoms with Gasteiger partial charge in [0.2, 0.25) is 0 Å². The summed E-state index contributed by atoms with van der Waals surface area (Å²) in [6.07, 6.45) is 0. The fourth-order valence-corrected chi connectivity index (χ4v) is 3.25. The Balaban J connectivity index is 1.80. The first-order valence-electron chi connectivity index (χ1n) is 6.41. The van der Waals surface area contributed by atoms with Gasteiger partial charge in [-0.25, -0.2) is 0 Å². The maximum Gasteiger partial charge on any atom is 0.269 e. The normalized spacial score (nSPS) is 15.3. The van der Waals surface area contributed by atoms with E-state index >= 15 is 0 Å². The molecule has 1 aromatic heterocycles. The Morgan fingerprint density at radius 3 is 2.45 bits per heavy atom. The zero-order valence-corrected chi connectivity index (χ0v) is 11.6. The second-order valence-corrected chi connectivity index (χ2v) is 5.60. The summed E-state index contributed by atoms with van der Waals surface area (Å²) in [4.78, 5) is 13.7. The van der Waals surface area contributed by atoms with Gasteiger partial charge in [0.1, 0.15) is 0 Å². The van der Waals surface area contributed by atoms with E-state index in [0.29, 0.717) is 0 Å². The van der Waals surface area contributed by atoms with Crippen molar-refractivity contribution in [3.05, 3.63) is 46.5 Å². The molecule has 104 valence electrons. The smallest absolute Gasteiger partial charge is 0.269 e. The molecule has 0 unspecified atom stereocenters. The fourth-order valence-electron chi connectivity index (χ4n) is 2.18. The molecule has 0 saturated carbocycles. The molecule has 0 aliphatic carbocycles. The van der Waals surface area contributed by atoms with Crippen LogP contribution in [-0.4, -0.2) is 31.2 Å². The Morgan fingerprint density at radius 2 is 1.80 bits per heavy atom. The summed E-state index contributed by atoms with van der Waals surface area (Å²) in [6, 6.07) is 10.9. The van der Waals surface area contributed by atoms with Crippen molar-refractivity contribution in [2.45, 2.75) is 0 Å². The van der Waals surface area contributed by atoms with Crippen molar-refractivity contribution in [1.29, 1.82) is 0 Å². The van der Waals surface area contributed by atoms with Crippen LogP contribution in [0.2, 0.25) is 0 Å². The molecule has 1 aliphatic rings. The highest BCUT2D eigenvalue weighted by molar-refractivity contribution is 7.19. The highest BCUT2D eigenvalue weighted by atomic mass is 32.1. The van der Waals surface area contributed by atoms with Gasteiger partial charge < -0.3 is 9.64 Å². The minimum absolute atomic E-state index is 0.124. The van der Waals surface area contributed by atoms with Gasteiger partial charge in [0.25, 0.3) is 5.69 Å². The van der Waals surface area contributed by atoms with Crippen LogP contribution < -0.4 is 4.90 Å². The van der Waals surface area contributed by atoms with Crippen LogP contribution in [0.1, 0.15) is 0 Å². The van der Waals surface area contributed by atoms with E-state index in [4.69, 9.17) is 4.74 Å². The number of rotatable bonds is 3. The van der Waals surface area contributed by atoms with Crippen molar-refractivity contribution >= 4 is 22.0 Å². The van der Waals surface area contributed by atoms with Crippen LogP contribution in [0.4, 0.5) is 10.7 Å². The van der Waals surface area contributed by atoms with Crippen molar-refractivity contribution in [2.75, 3.05) is 31.2 Å². The van der Waals surface area contributed by atoms with Crippen LogP contribution in [0.25, 0.3) is 10.4 Å². The molecule has 0 radical (unpaired) electrons. The summed E-state index contributed by atoms with van der Waals surface area (Å²) in [5.74, 6) is 0. The van der Waals surface area contributed by atoms with E-state index in [1.165, 1.54) is 5.00 Å². The first-order chi connectivity index (χ1) is 9.74. The number of hydrogen-bond acceptors (Lipinski definition) is 5. The standard InChI is InChI=1S/C14H14N2O3S/c17-16(18)12-3-1-11(2-4-12)13-5-6-14(20-13)15-7-9-19-10-8-15/h1-6H,7-10H2. The van der Waals surface area contributed by atoms with E-state index in [-0.39, 0.29) is 10.6 Å².